The molecule has 1 amide bonds. The Hall–Kier alpha value is -1.60. The van der Waals surface area contributed by atoms with Gasteiger partial charge in [0.1, 0.15) is 11.6 Å². The fraction of sp³-hybridized carbons (Fsp3) is 0.143. The Kier molecular flexibility index (Phi) is 5.19. The lowest BCUT2D eigenvalue weighted by molar-refractivity contribution is 0.102. The zero-order valence-electron chi connectivity index (χ0n) is 11.4. The lowest BCUT2D eigenvalue weighted by atomic mass is 10.2. The number of ether oxygens (including phenoxy) is 1. The standard InChI is InChI=1S/C14H13Br2N3O2/c1-17-13-10(5-9(16)7-18-13)14(20)19-11-6-8(15)3-4-12(11)21-2/h3-7H,1-2H3,(H,17,18)(H,19,20). The van der Waals surface area contributed by atoms with Crippen molar-refractivity contribution in [2.75, 3.05) is 24.8 Å². The monoisotopic (exact) mass is 413 g/mol. The van der Waals surface area contributed by atoms with Gasteiger partial charge in [-0.25, -0.2) is 4.98 Å². The molecular formula is C14H13Br2N3O2. The van der Waals surface area contributed by atoms with E-state index in [0.717, 1.165) is 8.95 Å². The minimum Gasteiger partial charge on any atom is -0.495 e. The van der Waals surface area contributed by atoms with E-state index in [1.807, 2.05) is 6.07 Å². The summed E-state index contributed by atoms with van der Waals surface area (Å²) in [6.07, 6.45) is 1.63. The van der Waals surface area contributed by atoms with Crippen molar-refractivity contribution in [3.05, 3.63) is 45.0 Å². The highest BCUT2D eigenvalue weighted by molar-refractivity contribution is 9.10. The van der Waals surface area contributed by atoms with Gasteiger partial charge in [0, 0.05) is 22.2 Å². The maximum atomic E-state index is 12.4. The Bertz CT molecular complexity index is 677. The number of methoxy groups -OCH3 is 1. The second-order valence-electron chi connectivity index (χ2n) is 4.10. The van der Waals surface area contributed by atoms with Crippen molar-refractivity contribution in [2.24, 2.45) is 0 Å². The Morgan fingerprint density at radius 2 is 2.00 bits per heavy atom. The van der Waals surface area contributed by atoms with Gasteiger partial charge in [0.25, 0.3) is 5.91 Å². The van der Waals surface area contributed by atoms with Crippen LogP contribution in [0.25, 0.3) is 0 Å². The van der Waals surface area contributed by atoms with Gasteiger partial charge in [-0.2, -0.15) is 0 Å². The molecule has 0 saturated heterocycles. The summed E-state index contributed by atoms with van der Waals surface area (Å²) < 4.78 is 6.82. The molecule has 0 unspecified atom stereocenters. The van der Waals surface area contributed by atoms with Crippen LogP contribution in [0.3, 0.4) is 0 Å². The van der Waals surface area contributed by atoms with Crippen LogP contribution in [-0.4, -0.2) is 25.0 Å². The Morgan fingerprint density at radius 3 is 2.67 bits per heavy atom. The Labute approximate surface area is 139 Å². The molecule has 0 atom stereocenters. The highest BCUT2D eigenvalue weighted by Gasteiger charge is 2.15. The molecule has 1 aromatic carbocycles. The van der Waals surface area contributed by atoms with Gasteiger partial charge in [-0.15, -0.1) is 0 Å². The fourth-order valence-electron chi connectivity index (χ4n) is 1.78. The Balaban J connectivity index is 2.34. The van der Waals surface area contributed by atoms with Crippen LogP contribution in [0.1, 0.15) is 10.4 Å². The van der Waals surface area contributed by atoms with Crippen LogP contribution in [-0.2, 0) is 0 Å². The van der Waals surface area contributed by atoms with Crippen LogP contribution in [0.5, 0.6) is 5.75 Å². The number of carbonyl (C=O) groups is 1. The number of amides is 1. The van der Waals surface area contributed by atoms with E-state index in [0.29, 0.717) is 22.8 Å². The van der Waals surface area contributed by atoms with Gasteiger partial charge < -0.3 is 15.4 Å². The van der Waals surface area contributed by atoms with Gasteiger partial charge in [0.05, 0.1) is 18.4 Å². The van der Waals surface area contributed by atoms with E-state index in [-0.39, 0.29) is 5.91 Å². The number of aromatic nitrogens is 1. The third-order valence-electron chi connectivity index (χ3n) is 2.75. The van der Waals surface area contributed by atoms with E-state index < -0.39 is 0 Å². The Morgan fingerprint density at radius 1 is 1.24 bits per heavy atom. The molecular weight excluding hydrogens is 402 g/mol. The average molecular weight is 415 g/mol. The fourth-order valence-corrected chi connectivity index (χ4v) is 2.47. The SMILES string of the molecule is CNc1ncc(Br)cc1C(=O)Nc1cc(Br)ccc1OC. The third kappa shape index (κ3) is 3.74. The molecule has 110 valence electrons. The van der Waals surface area contributed by atoms with Crippen molar-refractivity contribution in [3.8, 4) is 5.75 Å². The minimum absolute atomic E-state index is 0.274. The molecule has 0 radical (unpaired) electrons. The number of halogens is 2. The van der Waals surface area contributed by atoms with Crippen molar-refractivity contribution in [3.63, 3.8) is 0 Å². The maximum absolute atomic E-state index is 12.4. The lowest BCUT2D eigenvalue weighted by Gasteiger charge is -2.12. The normalized spacial score (nSPS) is 10.1. The van der Waals surface area contributed by atoms with Gasteiger partial charge in [0.2, 0.25) is 0 Å². The number of nitrogens with zero attached hydrogens (tertiary/aromatic N) is 1. The van der Waals surface area contributed by atoms with Crippen molar-refractivity contribution in [1.82, 2.24) is 4.98 Å². The summed E-state index contributed by atoms with van der Waals surface area (Å²) in [5.41, 5.74) is 1.02. The van der Waals surface area contributed by atoms with E-state index >= 15 is 0 Å². The highest BCUT2D eigenvalue weighted by atomic mass is 79.9. The van der Waals surface area contributed by atoms with Gasteiger partial charge in [-0.1, -0.05) is 15.9 Å². The molecule has 0 saturated carbocycles. The predicted octanol–water partition coefficient (Wildman–Crippen LogP) is 3.91. The predicted molar refractivity (Wildman–Crippen MR) is 90.1 cm³/mol. The van der Waals surface area contributed by atoms with Crippen molar-refractivity contribution in [2.45, 2.75) is 0 Å². The molecule has 0 fully saturated rings. The number of anilines is 2. The average Bonchev–Trinajstić information content (AvgIpc) is 2.47. The molecule has 7 heteroatoms. The molecule has 2 rings (SSSR count). The first-order valence-electron chi connectivity index (χ1n) is 6.03. The van der Waals surface area contributed by atoms with E-state index in [4.69, 9.17) is 4.74 Å². The summed E-state index contributed by atoms with van der Waals surface area (Å²) in [4.78, 5) is 16.6. The van der Waals surface area contributed by atoms with E-state index in [1.54, 1.807) is 38.6 Å². The van der Waals surface area contributed by atoms with E-state index in [2.05, 4.69) is 47.5 Å². The number of nitrogens with one attached hydrogen (secondary N) is 2. The molecule has 0 aliphatic carbocycles. The van der Waals surface area contributed by atoms with Crippen LogP contribution >= 0.6 is 31.9 Å². The zero-order chi connectivity index (χ0) is 15.4. The summed E-state index contributed by atoms with van der Waals surface area (Å²) in [5, 5.41) is 5.72. The van der Waals surface area contributed by atoms with Crippen LogP contribution in [0.15, 0.2) is 39.4 Å². The summed E-state index contributed by atoms with van der Waals surface area (Å²) >= 11 is 6.69. The number of carbonyl (C=O) groups excluding carboxylic acids is 1. The first-order chi connectivity index (χ1) is 10.0. The van der Waals surface area contributed by atoms with Crippen LogP contribution in [0.4, 0.5) is 11.5 Å². The first-order valence-corrected chi connectivity index (χ1v) is 7.62. The van der Waals surface area contributed by atoms with E-state index in [9.17, 15) is 4.79 Å². The minimum atomic E-state index is -0.274. The first kappa shape index (κ1) is 15.8. The molecule has 1 aromatic heterocycles. The number of benzene rings is 1. The molecule has 1 heterocycles. The lowest BCUT2D eigenvalue weighted by Crippen LogP contribution is -2.15. The molecule has 0 spiro atoms. The largest absolute Gasteiger partial charge is 0.495 e. The maximum Gasteiger partial charge on any atom is 0.259 e. The van der Waals surface area contributed by atoms with Gasteiger partial charge in [-0.3, -0.25) is 4.79 Å². The van der Waals surface area contributed by atoms with Crippen molar-refractivity contribution in [1.29, 1.82) is 0 Å². The molecule has 0 bridgehead atoms. The highest BCUT2D eigenvalue weighted by Crippen LogP contribution is 2.29. The summed E-state index contributed by atoms with van der Waals surface area (Å²) in [7, 11) is 3.27. The number of rotatable bonds is 4. The topological polar surface area (TPSA) is 63.2 Å². The summed E-state index contributed by atoms with van der Waals surface area (Å²) in [5.74, 6) is 0.815. The molecule has 2 aromatic rings. The quantitative estimate of drug-likeness (QED) is 0.796. The zero-order valence-corrected chi connectivity index (χ0v) is 14.6. The van der Waals surface area contributed by atoms with E-state index in [1.165, 1.54) is 0 Å². The summed E-state index contributed by atoms with van der Waals surface area (Å²) in [6.45, 7) is 0. The third-order valence-corrected chi connectivity index (χ3v) is 3.67. The van der Waals surface area contributed by atoms with Crippen LogP contribution in [0.2, 0.25) is 0 Å². The summed E-state index contributed by atoms with van der Waals surface area (Å²) in [6, 6.07) is 7.10. The van der Waals surface area contributed by atoms with Crippen molar-refractivity contribution < 1.29 is 9.53 Å². The number of hydrogen-bond donors (Lipinski definition) is 2. The van der Waals surface area contributed by atoms with Gasteiger partial charge >= 0.3 is 0 Å². The molecule has 0 aliphatic rings. The van der Waals surface area contributed by atoms with Gasteiger partial charge in [0.15, 0.2) is 0 Å². The molecule has 2 N–H and O–H groups in total. The molecule has 0 aliphatic heterocycles. The van der Waals surface area contributed by atoms with Crippen LogP contribution < -0.4 is 15.4 Å². The molecule has 21 heavy (non-hydrogen) atoms. The smallest absolute Gasteiger partial charge is 0.259 e. The number of hydrogen-bond acceptors (Lipinski definition) is 4. The van der Waals surface area contributed by atoms with Gasteiger partial charge in [-0.05, 0) is 40.2 Å². The second kappa shape index (κ2) is 6.91. The second-order valence-corrected chi connectivity index (χ2v) is 5.93. The van der Waals surface area contributed by atoms with Crippen LogP contribution in [0, 0.1) is 0 Å². The van der Waals surface area contributed by atoms with Crippen molar-refractivity contribution >= 4 is 49.3 Å². The number of pyridine rings is 1. The molecule has 5 nitrogen and oxygen atoms in total.